The topological polar surface area (TPSA) is 45.7 Å². The largest absolute Gasteiger partial charge is 0.411 e. The van der Waals surface area contributed by atoms with E-state index in [4.69, 9.17) is 0 Å². The van der Waals surface area contributed by atoms with E-state index in [9.17, 15) is 13.2 Å². The molecule has 1 aliphatic rings. The van der Waals surface area contributed by atoms with Crippen LogP contribution < -0.4 is 10.6 Å². The van der Waals surface area contributed by atoms with Gasteiger partial charge in [0.2, 0.25) is 0 Å². The zero-order valence-electron chi connectivity index (χ0n) is 14.5. The molecule has 4 nitrogen and oxygen atoms in total. The van der Waals surface area contributed by atoms with Gasteiger partial charge in [0.15, 0.2) is 5.96 Å². The highest BCUT2D eigenvalue weighted by Crippen LogP contribution is 2.17. The van der Waals surface area contributed by atoms with Crippen molar-refractivity contribution < 1.29 is 17.9 Å². The van der Waals surface area contributed by atoms with Gasteiger partial charge in [-0.05, 0) is 24.0 Å². The molecule has 7 heteroatoms. The zero-order chi connectivity index (χ0) is 18.1. The second-order valence-electron chi connectivity index (χ2n) is 6.33. The molecule has 1 fully saturated rings. The van der Waals surface area contributed by atoms with Crippen LogP contribution in [0.4, 0.5) is 13.2 Å². The van der Waals surface area contributed by atoms with Crippen LogP contribution in [0.3, 0.4) is 0 Å². The number of aliphatic imine (C=N–C) groups is 1. The smallest absolute Gasteiger partial charge is 0.367 e. The summed E-state index contributed by atoms with van der Waals surface area (Å²) in [5.41, 5.74) is 1.75. The number of rotatable bonds is 6. The molecule has 0 bridgehead atoms. The van der Waals surface area contributed by atoms with Crippen LogP contribution in [0.2, 0.25) is 0 Å². The summed E-state index contributed by atoms with van der Waals surface area (Å²) in [5, 5.41) is 6.72. The van der Waals surface area contributed by atoms with Crippen molar-refractivity contribution in [2.45, 2.75) is 57.5 Å². The molecule has 140 valence electrons. The average Bonchev–Trinajstić information content (AvgIpc) is 2.59. The first-order chi connectivity index (χ1) is 12.0. The maximum atomic E-state index is 12.0. The number of hydrogen-bond donors (Lipinski definition) is 2. The molecule has 2 N–H and O–H groups in total. The Kier molecular flexibility index (Phi) is 7.55. The maximum absolute atomic E-state index is 12.0. The van der Waals surface area contributed by atoms with Crippen LogP contribution >= 0.6 is 0 Å². The Morgan fingerprint density at radius 1 is 1.12 bits per heavy atom. The summed E-state index contributed by atoms with van der Waals surface area (Å²) in [5.74, 6) is 0.782. The van der Waals surface area contributed by atoms with Gasteiger partial charge in [-0.15, -0.1) is 0 Å². The number of nitrogens with one attached hydrogen (secondary N) is 2. The first kappa shape index (κ1) is 19.6. The van der Waals surface area contributed by atoms with Gasteiger partial charge in [-0.25, -0.2) is 0 Å². The van der Waals surface area contributed by atoms with E-state index in [0.717, 1.165) is 17.1 Å². The highest BCUT2D eigenvalue weighted by atomic mass is 19.4. The Balaban J connectivity index is 1.74. The minimum atomic E-state index is -4.29. The fraction of sp³-hybridized carbons (Fsp3) is 0.611. The molecule has 2 rings (SSSR count). The molecule has 0 amide bonds. The number of benzene rings is 1. The molecule has 0 aromatic heterocycles. The Hall–Kier alpha value is -1.76. The van der Waals surface area contributed by atoms with Crippen LogP contribution in [0.25, 0.3) is 0 Å². The van der Waals surface area contributed by atoms with Crippen LogP contribution in [0.15, 0.2) is 29.3 Å². The normalized spacial score (nSPS) is 16.7. The number of nitrogens with zero attached hydrogens (tertiary/aromatic N) is 1. The molecular formula is C18H26F3N3O. The Morgan fingerprint density at radius 3 is 2.36 bits per heavy atom. The SMILES string of the molecule is CN=C(NCc1ccc(COCC(F)(F)F)cc1)NC1CCCCC1. The van der Waals surface area contributed by atoms with Gasteiger partial charge >= 0.3 is 6.18 Å². The van der Waals surface area contributed by atoms with Gasteiger partial charge in [0.25, 0.3) is 0 Å². The van der Waals surface area contributed by atoms with E-state index in [1.807, 2.05) is 12.1 Å². The van der Waals surface area contributed by atoms with Crippen molar-refractivity contribution in [3.05, 3.63) is 35.4 Å². The van der Waals surface area contributed by atoms with Crippen molar-refractivity contribution in [3.63, 3.8) is 0 Å². The number of hydrogen-bond acceptors (Lipinski definition) is 2. The van der Waals surface area contributed by atoms with Crippen LogP contribution in [-0.4, -0.2) is 31.8 Å². The van der Waals surface area contributed by atoms with E-state index in [0.29, 0.717) is 12.6 Å². The van der Waals surface area contributed by atoms with E-state index in [2.05, 4.69) is 20.4 Å². The molecule has 0 unspecified atom stereocenters. The lowest BCUT2D eigenvalue weighted by Gasteiger charge is -2.24. The van der Waals surface area contributed by atoms with Crippen molar-refractivity contribution in [1.29, 1.82) is 0 Å². The summed E-state index contributed by atoms with van der Waals surface area (Å²) in [6.07, 6.45) is 1.88. The molecule has 1 aromatic rings. The second-order valence-corrected chi connectivity index (χ2v) is 6.33. The van der Waals surface area contributed by atoms with Gasteiger partial charge in [-0.2, -0.15) is 13.2 Å². The minimum absolute atomic E-state index is 0.0435. The van der Waals surface area contributed by atoms with Gasteiger partial charge in [0.05, 0.1) is 6.61 Å². The predicted molar refractivity (Wildman–Crippen MR) is 92.4 cm³/mol. The average molecular weight is 357 g/mol. The van der Waals surface area contributed by atoms with E-state index < -0.39 is 12.8 Å². The fourth-order valence-electron chi connectivity index (χ4n) is 2.86. The second kappa shape index (κ2) is 9.65. The third-order valence-corrected chi connectivity index (χ3v) is 4.19. The molecule has 0 aliphatic heterocycles. The number of alkyl halides is 3. The monoisotopic (exact) mass is 357 g/mol. The van der Waals surface area contributed by atoms with Gasteiger partial charge in [-0.3, -0.25) is 4.99 Å². The van der Waals surface area contributed by atoms with Crippen LogP contribution in [0, 0.1) is 0 Å². The Labute approximate surface area is 146 Å². The third-order valence-electron chi connectivity index (χ3n) is 4.19. The molecule has 0 heterocycles. The van der Waals surface area contributed by atoms with Crippen molar-refractivity contribution in [2.75, 3.05) is 13.7 Å². The molecule has 0 spiro atoms. The van der Waals surface area contributed by atoms with Gasteiger partial charge < -0.3 is 15.4 Å². The summed E-state index contributed by atoms with van der Waals surface area (Å²) in [4.78, 5) is 4.25. The van der Waals surface area contributed by atoms with Crippen LogP contribution in [0.5, 0.6) is 0 Å². The lowest BCUT2D eigenvalue weighted by molar-refractivity contribution is -0.176. The van der Waals surface area contributed by atoms with E-state index in [1.165, 1.54) is 32.1 Å². The van der Waals surface area contributed by atoms with Crippen LogP contribution in [-0.2, 0) is 17.9 Å². The summed E-state index contributed by atoms with van der Waals surface area (Å²) < 4.78 is 40.8. The molecule has 0 radical (unpaired) electrons. The van der Waals surface area contributed by atoms with Crippen LogP contribution in [0.1, 0.15) is 43.2 Å². The molecule has 0 atom stereocenters. The zero-order valence-corrected chi connectivity index (χ0v) is 14.5. The number of guanidine groups is 1. The van der Waals surface area contributed by atoms with Crippen molar-refractivity contribution in [3.8, 4) is 0 Å². The number of halogens is 3. The lowest BCUT2D eigenvalue weighted by atomic mass is 9.96. The van der Waals surface area contributed by atoms with Crippen molar-refractivity contribution in [2.24, 2.45) is 4.99 Å². The van der Waals surface area contributed by atoms with Crippen molar-refractivity contribution in [1.82, 2.24) is 10.6 Å². The lowest BCUT2D eigenvalue weighted by Crippen LogP contribution is -2.43. The standard InChI is InChI=1S/C18H26F3N3O/c1-22-17(24-16-5-3-2-4-6-16)23-11-14-7-9-15(10-8-14)12-25-13-18(19,20)21/h7-10,16H,2-6,11-13H2,1H3,(H2,22,23,24). The Bertz CT molecular complexity index is 537. The van der Waals surface area contributed by atoms with Gasteiger partial charge in [0, 0.05) is 19.6 Å². The van der Waals surface area contributed by atoms with Crippen molar-refractivity contribution >= 4 is 5.96 Å². The summed E-state index contributed by atoms with van der Waals surface area (Å²) >= 11 is 0. The summed E-state index contributed by atoms with van der Waals surface area (Å²) in [6, 6.07) is 7.81. The highest BCUT2D eigenvalue weighted by molar-refractivity contribution is 5.79. The third kappa shape index (κ3) is 7.77. The molecule has 1 aliphatic carbocycles. The Morgan fingerprint density at radius 2 is 1.76 bits per heavy atom. The van der Waals surface area contributed by atoms with E-state index in [-0.39, 0.29) is 6.61 Å². The molecule has 25 heavy (non-hydrogen) atoms. The summed E-state index contributed by atoms with van der Waals surface area (Å²) in [6.45, 7) is -0.659. The maximum Gasteiger partial charge on any atom is 0.411 e. The highest BCUT2D eigenvalue weighted by Gasteiger charge is 2.27. The van der Waals surface area contributed by atoms with Gasteiger partial charge in [-0.1, -0.05) is 43.5 Å². The fourth-order valence-corrected chi connectivity index (χ4v) is 2.86. The molecule has 1 saturated carbocycles. The quantitative estimate of drug-likeness (QED) is 0.602. The minimum Gasteiger partial charge on any atom is -0.367 e. The molecule has 1 aromatic carbocycles. The summed E-state index contributed by atoms with van der Waals surface area (Å²) in [7, 11) is 1.75. The molecule has 0 saturated heterocycles. The van der Waals surface area contributed by atoms with E-state index in [1.54, 1.807) is 19.2 Å². The van der Waals surface area contributed by atoms with E-state index >= 15 is 0 Å². The molecular weight excluding hydrogens is 331 g/mol. The first-order valence-corrected chi connectivity index (χ1v) is 8.66. The predicted octanol–water partition coefficient (Wildman–Crippen LogP) is 3.76. The number of ether oxygens (including phenoxy) is 1. The van der Waals surface area contributed by atoms with Gasteiger partial charge in [0.1, 0.15) is 6.61 Å². The first-order valence-electron chi connectivity index (χ1n) is 8.66.